The van der Waals surface area contributed by atoms with Gasteiger partial charge < -0.3 is 27.7 Å². The molecule has 0 unspecified atom stereocenters. The number of hydrogen-bond acceptors (Lipinski definition) is 14. The molecule has 0 spiro atoms. The molecule has 0 aliphatic rings. The molecule has 0 bridgehead atoms. The summed E-state index contributed by atoms with van der Waals surface area (Å²) in [5.74, 6) is 0. The number of halogens is 1. The Morgan fingerprint density at radius 2 is 0.878 bits per heavy atom. The first-order chi connectivity index (χ1) is 36.0. The average Bonchev–Trinajstić information content (AvgIpc) is 4.27. The van der Waals surface area contributed by atoms with Gasteiger partial charge in [-0.15, -0.1) is 0 Å². The van der Waals surface area contributed by atoms with Gasteiger partial charge >= 0.3 is 173 Å². The molecule has 4 aromatic rings. The van der Waals surface area contributed by atoms with Gasteiger partial charge in [0.1, 0.15) is 0 Å². The van der Waals surface area contributed by atoms with Crippen molar-refractivity contribution in [2.45, 2.75) is 180 Å². The molecule has 19 heteroatoms. The Bertz CT molecular complexity index is 1720. The van der Waals surface area contributed by atoms with Crippen LogP contribution in [-0.2, 0) is 70.9 Å². The quantitative estimate of drug-likeness (QED) is 0.0199. The third-order valence-electron chi connectivity index (χ3n) is 10.4. The van der Waals surface area contributed by atoms with Crippen LogP contribution in [0.3, 0.4) is 0 Å². The first kappa shape index (κ1) is 74.6. The molecule has 0 aliphatic heterocycles. The fraction of sp³-hybridized carbons (Fsp3) is 0.709. The Labute approximate surface area is 487 Å². The molecule has 4 heterocycles. The number of hydrogen-bond donors (Lipinski definition) is 1. The summed E-state index contributed by atoms with van der Waals surface area (Å²) in [5, 5.41) is 24.2. The van der Waals surface area contributed by atoms with Crippen LogP contribution in [0.1, 0.15) is 172 Å². The van der Waals surface area contributed by atoms with Crippen molar-refractivity contribution in [2.75, 3.05) is 70.5 Å². The van der Waals surface area contributed by atoms with E-state index in [0.717, 1.165) is 141 Å². The van der Waals surface area contributed by atoms with E-state index in [4.69, 9.17) is 36.8 Å². The second-order valence-corrected chi connectivity index (χ2v) is 31.4. The molecule has 0 atom stereocenters. The summed E-state index contributed by atoms with van der Waals surface area (Å²) >= 11 is 10.1. The summed E-state index contributed by atoms with van der Waals surface area (Å²) in [7, 11) is -6.95. The fourth-order valence-electron chi connectivity index (χ4n) is 5.66. The number of alkyl halides is 1. The molecule has 2 radical (unpaired) electrons. The summed E-state index contributed by atoms with van der Waals surface area (Å²) in [6.07, 6.45) is 19.1. The van der Waals surface area contributed by atoms with Crippen LogP contribution < -0.4 is 0 Å². The van der Waals surface area contributed by atoms with Crippen molar-refractivity contribution >= 4 is 106 Å². The maximum atomic E-state index is 12.9. The van der Waals surface area contributed by atoms with Crippen molar-refractivity contribution < 1.29 is 45.9 Å². The Morgan fingerprint density at radius 1 is 0.514 bits per heavy atom. The summed E-state index contributed by atoms with van der Waals surface area (Å²) in [4.78, 5) is 1.50. The van der Waals surface area contributed by atoms with E-state index in [1.165, 1.54) is 36.0 Å². The molecule has 74 heavy (non-hydrogen) atoms. The number of aryl methyl sites for hydroxylation is 3. The molecule has 4 aromatic heterocycles. The van der Waals surface area contributed by atoms with E-state index in [-0.39, 0.29) is 27.7 Å². The van der Waals surface area contributed by atoms with Crippen LogP contribution in [-0.4, -0.2) is 96.8 Å². The fourth-order valence-corrected chi connectivity index (χ4v) is 16.5. The minimum Gasteiger partial charge on any atom is -0.396 e. The summed E-state index contributed by atoms with van der Waals surface area (Å²) in [5.41, 5.74) is 5.17. The number of thiophene rings is 4. The van der Waals surface area contributed by atoms with E-state index in [2.05, 4.69) is 116 Å². The van der Waals surface area contributed by atoms with Gasteiger partial charge in [0, 0.05) is 11.9 Å². The summed E-state index contributed by atoms with van der Waals surface area (Å²) < 4.78 is 67.4. The number of rotatable bonds is 41. The smallest absolute Gasteiger partial charge is 0.396 e. The number of aliphatic hydroxyl groups is 1. The minimum atomic E-state index is -2.94. The van der Waals surface area contributed by atoms with Crippen molar-refractivity contribution in [1.29, 1.82) is 0 Å². The van der Waals surface area contributed by atoms with Crippen molar-refractivity contribution in [1.82, 2.24) is 0 Å². The van der Waals surface area contributed by atoms with Crippen molar-refractivity contribution in [3.8, 4) is 0 Å². The topological polar surface area (TPSA) is 119 Å². The molecule has 0 aromatic carbocycles. The van der Waals surface area contributed by atoms with Gasteiger partial charge in [-0.3, -0.25) is 4.57 Å². The van der Waals surface area contributed by atoms with Gasteiger partial charge in [-0.1, -0.05) is 82.7 Å². The van der Waals surface area contributed by atoms with E-state index < -0.39 is 23.8 Å². The summed E-state index contributed by atoms with van der Waals surface area (Å²) in [6.45, 7) is 21.8. The van der Waals surface area contributed by atoms with Crippen LogP contribution in [0.5, 0.6) is 0 Å². The Hall–Kier alpha value is 0.649. The average molecular weight is 1340 g/mol. The van der Waals surface area contributed by atoms with Gasteiger partial charge in [-0.2, -0.15) is 34.0 Å². The van der Waals surface area contributed by atoms with Crippen molar-refractivity contribution in [2.24, 2.45) is 0 Å². The Balaban J connectivity index is 0.000000947. The molecule has 10 nitrogen and oxygen atoms in total. The molecule has 0 saturated heterocycles. The third kappa shape index (κ3) is 44.4. The second-order valence-electron chi connectivity index (χ2n) is 17.2. The van der Waals surface area contributed by atoms with Gasteiger partial charge in [-0.05, 0) is 119 Å². The van der Waals surface area contributed by atoms with Gasteiger partial charge in [0.05, 0.1) is 39.2 Å². The zero-order valence-corrected chi connectivity index (χ0v) is 57.1. The van der Waals surface area contributed by atoms with Crippen LogP contribution in [0, 0.1) is 0 Å². The monoisotopic (exact) mass is 1340 g/mol. The minimum absolute atomic E-state index is 0.187. The van der Waals surface area contributed by atoms with Gasteiger partial charge in [0.15, 0.2) is 0 Å². The van der Waals surface area contributed by atoms with Crippen LogP contribution >= 0.6 is 85.1 Å². The van der Waals surface area contributed by atoms with Gasteiger partial charge in [0.2, 0.25) is 0 Å². The van der Waals surface area contributed by atoms with Crippen molar-refractivity contribution in [3.63, 3.8) is 0 Å². The molecule has 0 aliphatic carbocycles. The number of unbranched alkanes of at least 4 members (excludes halogenated alkanes) is 7. The molecular formula is C55H98BrO10P3S4Sn. The van der Waals surface area contributed by atoms with Gasteiger partial charge in [-0.25, -0.2) is 0 Å². The normalized spacial score (nSPS) is 11.3. The number of aliphatic hydroxyl groups excluding tert-OH is 1. The SMILES string of the molecule is BrCCc1ccsc1.CCCCOP(=O)(CCc1ccsc1)OCCCC.CCCCOP(=O)(CCc1csc([CH2][Sn][CH2]C)c1)OCCCC.CCCCOP(OCCCC)OCCCC.OCCc1ccsc1. The molecule has 428 valence electrons. The molecule has 0 saturated carbocycles. The van der Waals surface area contributed by atoms with Crippen LogP contribution in [0.4, 0.5) is 0 Å². The van der Waals surface area contributed by atoms with E-state index in [9.17, 15) is 9.13 Å². The van der Waals surface area contributed by atoms with E-state index >= 15 is 0 Å². The van der Waals surface area contributed by atoms with Crippen LogP contribution in [0.15, 0.2) is 61.9 Å². The molecule has 0 amide bonds. The first-order valence-electron chi connectivity index (χ1n) is 27.5. The first-order valence-corrected chi connectivity index (χ1v) is 40.9. The zero-order chi connectivity index (χ0) is 54.6. The molecular weight excluding hydrogens is 1240 g/mol. The van der Waals surface area contributed by atoms with E-state index in [0.29, 0.717) is 38.8 Å². The Kier molecular flexibility index (Phi) is 54.7. The predicted molar refractivity (Wildman–Crippen MR) is 331 cm³/mol. The molecule has 1 N–H and O–H groups in total. The zero-order valence-electron chi connectivity index (χ0n) is 46.7. The van der Waals surface area contributed by atoms with Crippen LogP contribution in [0.25, 0.3) is 0 Å². The van der Waals surface area contributed by atoms with Crippen molar-refractivity contribution in [3.05, 3.63) is 89.1 Å². The molecule has 4 rings (SSSR count). The van der Waals surface area contributed by atoms with E-state index in [1.807, 2.05) is 28.2 Å². The second kappa shape index (κ2) is 54.2. The van der Waals surface area contributed by atoms with Crippen LogP contribution in [0.2, 0.25) is 4.44 Å². The standard InChI is InChI=1S/C15H26O3PS.C14H25O3PS.C12H27O3P.C6H7BrS.C6H8OS.C2H5.Sn/c1-4-6-9-17-19(16,18-10-7-5-2)11-8-15-12-14(3)20-13-15;1-3-5-9-16-18(15,17-10-6-4-2)11-7-14-8-12-19-13-14;1-4-7-10-13-16(14-11-8-5-2)15-12-9-6-3;2*7-3-1-6-2-4-8-5-6;1-2;/h12-13H,3-11H2,1-2H3;8,12-13H,3-7,9-11H2,1-2H3;4-12H2,1-3H3;2,4-5H,1,3H2;2,4-5,7H,1,3H2;1H2,2H3;. The van der Waals surface area contributed by atoms with Gasteiger partial charge in [0.25, 0.3) is 0 Å². The van der Waals surface area contributed by atoms with E-state index in [1.54, 1.807) is 34.0 Å². The maximum absolute atomic E-state index is 12.9. The molecule has 0 fully saturated rings. The predicted octanol–water partition coefficient (Wildman–Crippen LogP) is 19.5. The third-order valence-corrected chi connectivity index (χ3v) is 22.9. The summed E-state index contributed by atoms with van der Waals surface area (Å²) in [6, 6.07) is 8.55. The Morgan fingerprint density at radius 3 is 1.22 bits per heavy atom.